The molecule has 0 aliphatic rings. The van der Waals surface area contributed by atoms with Crippen LogP contribution in [-0.4, -0.2) is 22.0 Å². The van der Waals surface area contributed by atoms with Crippen molar-refractivity contribution < 1.29 is 4.79 Å². The summed E-state index contributed by atoms with van der Waals surface area (Å²) in [6.45, 7) is 9.68. The van der Waals surface area contributed by atoms with E-state index in [1.807, 2.05) is 26.8 Å². The molecule has 24 heavy (non-hydrogen) atoms. The van der Waals surface area contributed by atoms with Gasteiger partial charge in [0.05, 0.1) is 11.0 Å². The Morgan fingerprint density at radius 3 is 2.62 bits per heavy atom. The zero-order chi connectivity index (χ0) is 17.6. The van der Waals surface area contributed by atoms with Gasteiger partial charge in [0, 0.05) is 24.9 Å². The Hall–Kier alpha value is -1.84. The number of rotatable bonds is 8. The van der Waals surface area contributed by atoms with Crippen molar-refractivity contribution in [2.24, 2.45) is 5.41 Å². The number of carbonyl (C=O) groups excluding carboxylic acids is 1. The maximum atomic E-state index is 12.0. The molecular formula is C20H31N3O. The molecule has 0 bridgehead atoms. The number of carbonyl (C=O) groups is 1. The summed E-state index contributed by atoms with van der Waals surface area (Å²) in [5.74, 6) is 1.16. The van der Waals surface area contributed by atoms with Crippen molar-refractivity contribution in [3.63, 3.8) is 0 Å². The first kappa shape index (κ1) is 18.5. The molecule has 1 aromatic heterocycles. The largest absolute Gasteiger partial charge is 0.355 e. The second kappa shape index (κ2) is 8.32. The lowest BCUT2D eigenvalue weighted by Crippen LogP contribution is -2.36. The Labute approximate surface area is 145 Å². The van der Waals surface area contributed by atoms with E-state index < -0.39 is 0 Å². The molecular weight excluding hydrogens is 298 g/mol. The highest BCUT2D eigenvalue weighted by atomic mass is 16.2. The molecule has 0 saturated carbocycles. The van der Waals surface area contributed by atoms with E-state index in [2.05, 4.69) is 35.0 Å². The standard InChI is InChI=1S/C20H31N3O/c1-5-6-7-10-15-23-17-12-9-8-11-16(17)22-18(23)13-14-21-19(24)20(2,3)4/h8-9,11-12H,5-7,10,13-15H2,1-4H3,(H,21,24). The van der Waals surface area contributed by atoms with Crippen LogP contribution in [0.5, 0.6) is 0 Å². The molecule has 1 heterocycles. The smallest absolute Gasteiger partial charge is 0.225 e. The molecule has 0 spiro atoms. The monoisotopic (exact) mass is 329 g/mol. The molecule has 4 nitrogen and oxygen atoms in total. The molecule has 0 unspecified atom stereocenters. The summed E-state index contributed by atoms with van der Waals surface area (Å²) in [6.07, 6.45) is 5.73. The van der Waals surface area contributed by atoms with Crippen molar-refractivity contribution in [2.75, 3.05) is 6.54 Å². The van der Waals surface area contributed by atoms with E-state index in [4.69, 9.17) is 4.98 Å². The summed E-state index contributed by atoms with van der Waals surface area (Å²) in [5, 5.41) is 3.03. The normalized spacial score (nSPS) is 11.8. The molecule has 1 amide bonds. The molecule has 0 saturated heterocycles. The Morgan fingerprint density at radius 2 is 1.92 bits per heavy atom. The molecule has 0 atom stereocenters. The van der Waals surface area contributed by atoms with E-state index in [0.717, 1.165) is 24.3 Å². The van der Waals surface area contributed by atoms with Gasteiger partial charge < -0.3 is 9.88 Å². The average Bonchev–Trinajstić information content (AvgIpc) is 2.88. The van der Waals surface area contributed by atoms with Gasteiger partial charge in [0.25, 0.3) is 0 Å². The Balaban J connectivity index is 2.06. The van der Waals surface area contributed by atoms with E-state index in [0.29, 0.717) is 6.54 Å². The predicted molar refractivity (Wildman–Crippen MR) is 100 cm³/mol. The van der Waals surface area contributed by atoms with Gasteiger partial charge >= 0.3 is 0 Å². The number of benzene rings is 1. The van der Waals surface area contributed by atoms with Gasteiger partial charge in [0.15, 0.2) is 0 Å². The summed E-state index contributed by atoms with van der Waals surface area (Å²) >= 11 is 0. The minimum absolute atomic E-state index is 0.0908. The number of hydrogen-bond donors (Lipinski definition) is 1. The Morgan fingerprint density at radius 1 is 1.17 bits per heavy atom. The number of para-hydroxylation sites is 2. The van der Waals surface area contributed by atoms with Crippen molar-refractivity contribution in [1.29, 1.82) is 0 Å². The SMILES string of the molecule is CCCCCCn1c(CCNC(=O)C(C)(C)C)nc2ccccc21. The van der Waals surface area contributed by atoms with E-state index in [1.165, 1.54) is 31.2 Å². The number of amides is 1. The molecule has 2 aromatic rings. The van der Waals surface area contributed by atoms with Crippen LogP contribution in [0.15, 0.2) is 24.3 Å². The molecule has 132 valence electrons. The molecule has 0 fully saturated rings. The quantitative estimate of drug-likeness (QED) is 0.733. The van der Waals surface area contributed by atoms with Crippen molar-refractivity contribution in [1.82, 2.24) is 14.9 Å². The van der Waals surface area contributed by atoms with Crippen LogP contribution in [0.4, 0.5) is 0 Å². The number of aromatic nitrogens is 2. The number of imidazole rings is 1. The molecule has 4 heteroatoms. The second-order valence-corrected chi connectivity index (χ2v) is 7.48. The number of fused-ring (bicyclic) bond motifs is 1. The number of unbranched alkanes of at least 4 members (excludes halogenated alkanes) is 3. The summed E-state index contributed by atoms with van der Waals surface area (Å²) < 4.78 is 2.33. The van der Waals surface area contributed by atoms with Crippen LogP contribution in [0, 0.1) is 5.41 Å². The van der Waals surface area contributed by atoms with Crippen molar-refractivity contribution >= 4 is 16.9 Å². The third-order valence-corrected chi connectivity index (χ3v) is 4.28. The van der Waals surface area contributed by atoms with Crippen LogP contribution < -0.4 is 5.32 Å². The van der Waals surface area contributed by atoms with Gasteiger partial charge in [-0.2, -0.15) is 0 Å². The van der Waals surface area contributed by atoms with Crippen LogP contribution in [0.1, 0.15) is 59.2 Å². The number of aryl methyl sites for hydroxylation is 1. The highest BCUT2D eigenvalue weighted by Gasteiger charge is 2.20. The van der Waals surface area contributed by atoms with Crippen molar-refractivity contribution in [2.45, 2.75) is 66.3 Å². The molecule has 0 aliphatic heterocycles. The first-order chi connectivity index (χ1) is 11.4. The van der Waals surface area contributed by atoms with Crippen molar-refractivity contribution in [3.05, 3.63) is 30.1 Å². The van der Waals surface area contributed by atoms with Crippen LogP contribution >= 0.6 is 0 Å². The van der Waals surface area contributed by atoms with Gasteiger partial charge in [-0.1, -0.05) is 59.1 Å². The highest BCUT2D eigenvalue weighted by Crippen LogP contribution is 2.18. The fraction of sp³-hybridized carbons (Fsp3) is 0.600. The second-order valence-electron chi connectivity index (χ2n) is 7.48. The van der Waals surface area contributed by atoms with Crippen LogP contribution in [0.3, 0.4) is 0 Å². The lowest BCUT2D eigenvalue weighted by molar-refractivity contribution is -0.128. The van der Waals surface area contributed by atoms with E-state index in [-0.39, 0.29) is 11.3 Å². The third-order valence-electron chi connectivity index (χ3n) is 4.28. The topological polar surface area (TPSA) is 46.9 Å². The molecule has 1 N–H and O–H groups in total. The average molecular weight is 329 g/mol. The number of nitrogens with one attached hydrogen (secondary N) is 1. The summed E-state index contributed by atoms with van der Waals surface area (Å²) in [4.78, 5) is 16.8. The van der Waals surface area contributed by atoms with Gasteiger partial charge in [-0.15, -0.1) is 0 Å². The Bertz CT molecular complexity index is 667. The molecule has 0 radical (unpaired) electrons. The fourth-order valence-corrected chi connectivity index (χ4v) is 2.82. The molecule has 1 aromatic carbocycles. The Kier molecular flexibility index (Phi) is 6.41. The zero-order valence-corrected chi connectivity index (χ0v) is 15.6. The first-order valence-corrected chi connectivity index (χ1v) is 9.16. The summed E-state index contributed by atoms with van der Waals surface area (Å²) in [5.41, 5.74) is 1.90. The predicted octanol–water partition coefficient (Wildman–Crippen LogP) is 4.32. The third kappa shape index (κ3) is 4.83. The first-order valence-electron chi connectivity index (χ1n) is 9.16. The number of hydrogen-bond acceptors (Lipinski definition) is 2. The van der Waals surface area contributed by atoms with Crippen LogP contribution in [-0.2, 0) is 17.8 Å². The molecule has 0 aliphatic carbocycles. The maximum absolute atomic E-state index is 12.0. The zero-order valence-electron chi connectivity index (χ0n) is 15.6. The van der Waals surface area contributed by atoms with Crippen LogP contribution in [0.25, 0.3) is 11.0 Å². The van der Waals surface area contributed by atoms with E-state index in [1.54, 1.807) is 0 Å². The highest BCUT2D eigenvalue weighted by molar-refractivity contribution is 5.81. The number of nitrogens with zero attached hydrogens (tertiary/aromatic N) is 2. The molecule has 2 rings (SSSR count). The fourth-order valence-electron chi connectivity index (χ4n) is 2.82. The lowest BCUT2D eigenvalue weighted by Gasteiger charge is -2.17. The van der Waals surface area contributed by atoms with Gasteiger partial charge in [-0.05, 0) is 18.6 Å². The van der Waals surface area contributed by atoms with Crippen molar-refractivity contribution in [3.8, 4) is 0 Å². The van der Waals surface area contributed by atoms with E-state index in [9.17, 15) is 4.79 Å². The minimum Gasteiger partial charge on any atom is -0.355 e. The van der Waals surface area contributed by atoms with Gasteiger partial charge in [0.2, 0.25) is 5.91 Å². The van der Waals surface area contributed by atoms with Gasteiger partial charge in [-0.25, -0.2) is 4.98 Å². The summed E-state index contributed by atoms with van der Waals surface area (Å²) in [6, 6.07) is 8.30. The van der Waals surface area contributed by atoms with E-state index >= 15 is 0 Å². The maximum Gasteiger partial charge on any atom is 0.225 e. The minimum atomic E-state index is -0.347. The summed E-state index contributed by atoms with van der Waals surface area (Å²) in [7, 11) is 0. The van der Waals surface area contributed by atoms with Gasteiger partial charge in [-0.3, -0.25) is 4.79 Å². The van der Waals surface area contributed by atoms with Crippen LogP contribution in [0.2, 0.25) is 0 Å². The van der Waals surface area contributed by atoms with Gasteiger partial charge in [0.1, 0.15) is 5.82 Å². The lowest BCUT2D eigenvalue weighted by atomic mass is 9.96.